The van der Waals surface area contributed by atoms with Gasteiger partial charge in [-0.25, -0.2) is 0 Å². The number of hydrogen-bond acceptors (Lipinski definition) is 3. The van der Waals surface area contributed by atoms with E-state index in [4.69, 9.17) is 0 Å². The molecule has 0 aromatic carbocycles. The van der Waals surface area contributed by atoms with Crippen molar-refractivity contribution in [2.45, 2.75) is 26.3 Å². The minimum atomic E-state index is 0.111. The molecule has 0 radical (unpaired) electrons. The first kappa shape index (κ1) is 13.6. The zero-order valence-corrected chi connectivity index (χ0v) is 13.3. The van der Waals surface area contributed by atoms with Crippen LogP contribution >= 0.6 is 22.7 Å². The van der Waals surface area contributed by atoms with Gasteiger partial charge in [0.25, 0.3) is 0 Å². The quantitative estimate of drug-likeness (QED) is 0.758. The fourth-order valence-corrected chi connectivity index (χ4v) is 4.35. The van der Waals surface area contributed by atoms with E-state index < -0.39 is 0 Å². The Kier molecular flexibility index (Phi) is 3.76. The highest BCUT2D eigenvalue weighted by molar-refractivity contribution is 7.12. The van der Waals surface area contributed by atoms with E-state index in [1.54, 1.807) is 28.7 Å². The molecule has 0 saturated heterocycles. The van der Waals surface area contributed by atoms with Crippen molar-refractivity contribution in [3.05, 3.63) is 49.9 Å². The van der Waals surface area contributed by atoms with Crippen molar-refractivity contribution in [2.75, 3.05) is 6.54 Å². The van der Waals surface area contributed by atoms with E-state index in [9.17, 15) is 4.79 Å². The van der Waals surface area contributed by atoms with E-state index in [0.717, 1.165) is 17.8 Å². The minimum absolute atomic E-state index is 0.111. The van der Waals surface area contributed by atoms with Crippen molar-refractivity contribution in [3.8, 4) is 0 Å². The molecule has 4 heteroatoms. The highest BCUT2D eigenvalue weighted by atomic mass is 32.1. The smallest absolute Gasteiger partial charge is 0.247 e. The van der Waals surface area contributed by atoms with Gasteiger partial charge in [-0.05, 0) is 55.5 Å². The Balaban J connectivity index is 1.74. The zero-order chi connectivity index (χ0) is 14.1. The van der Waals surface area contributed by atoms with Crippen LogP contribution in [0.1, 0.15) is 33.2 Å². The molecule has 0 saturated carbocycles. The van der Waals surface area contributed by atoms with E-state index >= 15 is 0 Å². The van der Waals surface area contributed by atoms with Crippen LogP contribution < -0.4 is 0 Å². The van der Waals surface area contributed by atoms with Crippen LogP contribution in [0.2, 0.25) is 0 Å². The van der Waals surface area contributed by atoms with E-state index in [1.165, 1.54) is 15.3 Å². The zero-order valence-electron chi connectivity index (χ0n) is 11.6. The summed E-state index contributed by atoms with van der Waals surface area (Å²) in [5, 5.41) is 2.12. The third kappa shape index (κ3) is 2.58. The predicted octanol–water partition coefficient (Wildman–Crippen LogP) is 4.28. The Hall–Kier alpha value is -1.39. The fraction of sp³-hybridized carbons (Fsp3) is 0.312. The predicted molar refractivity (Wildman–Crippen MR) is 86.2 cm³/mol. The molecule has 3 rings (SSSR count). The summed E-state index contributed by atoms with van der Waals surface area (Å²) in [6, 6.07) is 6.47. The molecule has 20 heavy (non-hydrogen) atoms. The van der Waals surface area contributed by atoms with Gasteiger partial charge in [0.15, 0.2) is 0 Å². The van der Waals surface area contributed by atoms with Crippen molar-refractivity contribution in [2.24, 2.45) is 0 Å². The summed E-state index contributed by atoms with van der Waals surface area (Å²) >= 11 is 3.51. The SMILES string of the molecule is Cc1ccc(/C=C/C(=O)N2CCc3sccc3[C@@H]2C)s1. The van der Waals surface area contributed by atoms with E-state index in [-0.39, 0.29) is 11.9 Å². The van der Waals surface area contributed by atoms with Crippen LogP contribution in [-0.2, 0) is 11.2 Å². The van der Waals surface area contributed by atoms with E-state index in [1.807, 2.05) is 11.0 Å². The molecule has 0 aliphatic carbocycles. The molecule has 1 aliphatic heterocycles. The highest BCUT2D eigenvalue weighted by Gasteiger charge is 2.26. The summed E-state index contributed by atoms with van der Waals surface area (Å²) in [6.07, 6.45) is 4.62. The molecule has 2 aromatic heterocycles. The van der Waals surface area contributed by atoms with Gasteiger partial charge in [0.1, 0.15) is 0 Å². The van der Waals surface area contributed by atoms with Crippen LogP contribution in [0.15, 0.2) is 29.7 Å². The number of carbonyl (C=O) groups is 1. The van der Waals surface area contributed by atoms with Crippen molar-refractivity contribution >= 4 is 34.7 Å². The van der Waals surface area contributed by atoms with Gasteiger partial charge in [0.2, 0.25) is 5.91 Å². The maximum absolute atomic E-state index is 12.4. The Bertz CT molecular complexity index is 653. The molecule has 104 valence electrons. The number of fused-ring (bicyclic) bond motifs is 1. The molecule has 2 nitrogen and oxygen atoms in total. The lowest BCUT2D eigenvalue weighted by Gasteiger charge is -2.32. The van der Waals surface area contributed by atoms with Gasteiger partial charge in [-0.1, -0.05) is 0 Å². The lowest BCUT2D eigenvalue weighted by molar-refractivity contribution is -0.128. The molecule has 1 amide bonds. The van der Waals surface area contributed by atoms with Gasteiger partial charge in [0, 0.05) is 27.3 Å². The normalized spacial score (nSPS) is 18.5. The largest absolute Gasteiger partial charge is 0.332 e. The maximum atomic E-state index is 12.4. The van der Waals surface area contributed by atoms with Gasteiger partial charge >= 0.3 is 0 Å². The molecule has 2 aromatic rings. The summed E-state index contributed by atoms with van der Waals surface area (Å²) in [4.78, 5) is 18.2. The summed E-state index contributed by atoms with van der Waals surface area (Å²) < 4.78 is 0. The van der Waals surface area contributed by atoms with E-state index in [2.05, 4.69) is 37.4 Å². The van der Waals surface area contributed by atoms with Crippen LogP contribution in [0.4, 0.5) is 0 Å². The van der Waals surface area contributed by atoms with Gasteiger partial charge < -0.3 is 4.90 Å². The molecular formula is C16H17NOS2. The van der Waals surface area contributed by atoms with Gasteiger partial charge in [-0.2, -0.15) is 0 Å². The summed E-state index contributed by atoms with van der Waals surface area (Å²) in [5.74, 6) is 0.111. The first-order valence-corrected chi connectivity index (χ1v) is 8.46. The number of aryl methyl sites for hydroxylation is 1. The van der Waals surface area contributed by atoms with Gasteiger partial charge in [-0.15, -0.1) is 22.7 Å². The number of carbonyl (C=O) groups excluding carboxylic acids is 1. The third-order valence-corrected chi connectivity index (χ3v) is 5.67. The van der Waals surface area contributed by atoms with Crippen molar-refractivity contribution < 1.29 is 4.79 Å². The third-order valence-electron chi connectivity index (χ3n) is 3.71. The molecule has 0 fully saturated rings. The summed E-state index contributed by atoms with van der Waals surface area (Å²) in [6.45, 7) is 5.02. The standard InChI is InChI=1S/C16H17NOS2/c1-11-3-4-13(20-11)5-6-16(18)17-9-7-15-14(12(17)2)8-10-19-15/h3-6,8,10,12H,7,9H2,1-2H3/b6-5+/t12-/m0/s1. The number of rotatable bonds is 2. The maximum Gasteiger partial charge on any atom is 0.247 e. The van der Waals surface area contributed by atoms with E-state index in [0.29, 0.717) is 0 Å². The minimum Gasteiger partial charge on any atom is -0.332 e. The van der Waals surface area contributed by atoms with Gasteiger partial charge in [-0.3, -0.25) is 4.79 Å². The van der Waals surface area contributed by atoms with Gasteiger partial charge in [0.05, 0.1) is 6.04 Å². The lowest BCUT2D eigenvalue weighted by Crippen LogP contribution is -2.37. The topological polar surface area (TPSA) is 20.3 Å². The molecule has 0 spiro atoms. The Morgan fingerprint density at radius 3 is 3.00 bits per heavy atom. The van der Waals surface area contributed by atoms with Crippen molar-refractivity contribution in [3.63, 3.8) is 0 Å². The highest BCUT2D eigenvalue weighted by Crippen LogP contribution is 2.32. The second-order valence-electron chi connectivity index (χ2n) is 5.04. The first-order valence-electron chi connectivity index (χ1n) is 6.76. The summed E-state index contributed by atoms with van der Waals surface area (Å²) in [7, 11) is 0. The fourth-order valence-electron chi connectivity index (χ4n) is 2.60. The Labute approximate surface area is 127 Å². The Morgan fingerprint density at radius 2 is 2.25 bits per heavy atom. The van der Waals surface area contributed by atoms with Crippen LogP contribution in [-0.4, -0.2) is 17.4 Å². The number of nitrogens with zero attached hydrogens (tertiary/aromatic N) is 1. The first-order chi connectivity index (χ1) is 9.65. The average Bonchev–Trinajstić information content (AvgIpc) is 3.05. The van der Waals surface area contributed by atoms with Crippen LogP contribution in [0, 0.1) is 6.92 Å². The van der Waals surface area contributed by atoms with Crippen LogP contribution in [0.5, 0.6) is 0 Å². The lowest BCUT2D eigenvalue weighted by atomic mass is 10.0. The molecule has 1 atom stereocenters. The van der Waals surface area contributed by atoms with Crippen molar-refractivity contribution in [1.82, 2.24) is 4.90 Å². The molecular weight excluding hydrogens is 286 g/mol. The van der Waals surface area contributed by atoms with Crippen LogP contribution in [0.25, 0.3) is 6.08 Å². The van der Waals surface area contributed by atoms with Crippen LogP contribution in [0.3, 0.4) is 0 Å². The number of amides is 1. The Morgan fingerprint density at radius 1 is 1.40 bits per heavy atom. The molecule has 0 bridgehead atoms. The molecule has 1 aliphatic rings. The molecule has 0 unspecified atom stereocenters. The second-order valence-corrected chi connectivity index (χ2v) is 7.36. The number of hydrogen-bond donors (Lipinski definition) is 0. The average molecular weight is 303 g/mol. The molecule has 3 heterocycles. The molecule has 0 N–H and O–H groups in total. The monoisotopic (exact) mass is 303 g/mol. The van der Waals surface area contributed by atoms with Crippen molar-refractivity contribution in [1.29, 1.82) is 0 Å². The second kappa shape index (κ2) is 5.54. The summed E-state index contributed by atoms with van der Waals surface area (Å²) in [5.41, 5.74) is 1.31. The number of thiophene rings is 2.